The van der Waals surface area contributed by atoms with Gasteiger partial charge in [0.15, 0.2) is 0 Å². The van der Waals surface area contributed by atoms with E-state index < -0.39 is 5.60 Å². The van der Waals surface area contributed by atoms with Crippen molar-refractivity contribution in [1.82, 2.24) is 4.90 Å². The maximum absolute atomic E-state index is 11.8. The summed E-state index contributed by atoms with van der Waals surface area (Å²) in [5.74, 6) is 0.0832. The minimum absolute atomic E-state index is 0. The third-order valence-corrected chi connectivity index (χ3v) is 2.60. The number of benzene rings is 1. The number of amides is 1. The summed E-state index contributed by atoms with van der Waals surface area (Å²) >= 11 is 0. The van der Waals surface area contributed by atoms with Crippen molar-refractivity contribution in [1.29, 1.82) is 0 Å². The molecule has 0 radical (unpaired) electrons. The summed E-state index contributed by atoms with van der Waals surface area (Å²) in [6.45, 7) is 5.54. The molecule has 0 fully saturated rings. The van der Waals surface area contributed by atoms with E-state index in [1.54, 1.807) is 12.4 Å². The van der Waals surface area contributed by atoms with E-state index >= 15 is 0 Å². The second kappa shape index (κ2) is 6.83. The van der Waals surface area contributed by atoms with Gasteiger partial charge in [0.25, 0.3) is 0 Å². The number of carbonyl (C=O) groups excluding carboxylic acids is 1. The predicted molar refractivity (Wildman–Crippen MR) is 74.2 cm³/mol. The van der Waals surface area contributed by atoms with Gasteiger partial charge < -0.3 is 10.8 Å². The summed E-state index contributed by atoms with van der Waals surface area (Å²) in [5, 5.41) is 0. The summed E-state index contributed by atoms with van der Waals surface area (Å²) in [4.78, 5) is 13.2. The van der Waals surface area contributed by atoms with E-state index in [0.29, 0.717) is 0 Å². The standard InChI is InChI=1S/C16H18NO2.Li/c1-16(2,3)19-15(18)17-11-9-14(10-12-17)13-7-5-4-6-8-13;/h4-9,11-12,14H,1-3H3;/q-1;+1. The van der Waals surface area contributed by atoms with Crippen LogP contribution in [0.4, 0.5) is 4.79 Å². The number of rotatable bonds is 1. The first-order valence-corrected chi connectivity index (χ1v) is 6.30. The largest absolute Gasteiger partial charge is 1.00 e. The van der Waals surface area contributed by atoms with E-state index in [1.165, 1.54) is 4.90 Å². The van der Waals surface area contributed by atoms with Crippen LogP contribution in [-0.2, 0) is 4.74 Å². The van der Waals surface area contributed by atoms with Gasteiger partial charge in [-0.15, -0.1) is 5.92 Å². The van der Waals surface area contributed by atoms with Crippen molar-refractivity contribution in [3.05, 3.63) is 60.4 Å². The zero-order valence-electron chi connectivity index (χ0n) is 12.5. The second-order valence-corrected chi connectivity index (χ2v) is 5.41. The zero-order valence-corrected chi connectivity index (χ0v) is 12.5. The monoisotopic (exact) mass is 263 g/mol. The van der Waals surface area contributed by atoms with Gasteiger partial charge in [0.1, 0.15) is 5.60 Å². The summed E-state index contributed by atoms with van der Waals surface area (Å²) in [6, 6.07) is 10.0. The molecule has 2 rings (SSSR count). The van der Waals surface area contributed by atoms with Crippen molar-refractivity contribution < 1.29 is 28.4 Å². The minimum Gasteiger partial charge on any atom is -0.467 e. The van der Waals surface area contributed by atoms with E-state index in [-0.39, 0.29) is 30.9 Å². The van der Waals surface area contributed by atoms with Crippen LogP contribution >= 0.6 is 0 Å². The Morgan fingerprint density at radius 2 is 1.90 bits per heavy atom. The number of nitrogens with zero attached hydrogens (tertiary/aromatic N) is 1. The molecule has 0 aromatic heterocycles. The molecule has 1 aromatic carbocycles. The predicted octanol–water partition coefficient (Wildman–Crippen LogP) is 0.855. The van der Waals surface area contributed by atoms with E-state index in [1.807, 2.05) is 57.2 Å². The number of allylic oxidation sites excluding steroid dienone is 2. The Hall–Kier alpha value is -1.43. The molecule has 3 nitrogen and oxygen atoms in total. The van der Waals surface area contributed by atoms with Crippen LogP contribution < -0.4 is 18.9 Å². The topological polar surface area (TPSA) is 29.5 Å². The van der Waals surface area contributed by atoms with Crippen LogP contribution in [0.2, 0.25) is 0 Å². The molecule has 4 heteroatoms. The SMILES string of the molecule is CC(C)(C)OC(=O)N1C=[C-]C(c2ccccc2)C=C1.[Li+]. The van der Waals surface area contributed by atoms with E-state index in [4.69, 9.17) is 4.74 Å². The molecule has 1 amide bonds. The van der Waals surface area contributed by atoms with E-state index in [0.717, 1.165) is 5.56 Å². The Labute approximate surface area is 132 Å². The van der Waals surface area contributed by atoms with Crippen molar-refractivity contribution in [2.24, 2.45) is 0 Å². The Morgan fingerprint density at radius 1 is 1.25 bits per heavy atom. The van der Waals surface area contributed by atoms with Gasteiger partial charge in [-0.25, -0.2) is 4.79 Å². The van der Waals surface area contributed by atoms with Gasteiger partial charge in [0.2, 0.25) is 0 Å². The van der Waals surface area contributed by atoms with E-state index in [2.05, 4.69) is 6.08 Å². The smallest absolute Gasteiger partial charge is 0.467 e. The summed E-state index contributed by atoms with van der Waals surface area (Å²) < 4.78 is 5.28. The van der Waals surface area contributed by atoms with Crippen LogP contribution in [0.15, 0.2) is 48.8 Å². The Morgan fingerprint density at radius 3 is 2.40 bits per heavy atom. The molecule has 1 aliphatic heterocycles. The quantitative estimate of drug-likeness (QED) is 0.555. The third-order valence-electron chi connectivity index (χ3n) is 2.60. The van der Waals surface area contributed by atoms with Gasteiger partial charge in [0, 0.05) is 6.20 Å². The molecule has 0 saturated carbocycles. The third kappa shape index (κ3) is 4.59. The number of hydrogen-bond donors (Lipinski definition) is 0. The van der Waals surface area contributed by atoms with Crippen LogP contribution in [0.1, 0.15) is 32.3 Å². The van der Waals surface area contributed by atoms with Gasteiger partial charge in [0.05, 0.1) is 0 Å². The molecular weight excluding hydrogens is 245 g/mol. The van der Waals surface area contributed by atoms with Gasteiger partial charge in [-0.1, -0.05) is 42.0 Å². The molecule has 1 aliphatic rings. The first-order chi connectivity index (χ1) is 8.96. The first-order valence-electron chi connectivity index (χ1n) is 6.30. The van der Waals surface area contributed by atoms with Crippen LogP contribution in [0.3, 0.4) is 0 Å². The average Bonchev–Trinajstić information content (AvgIpc) is 2.38. The van der Waals surface area contributed by atoms with Gasteiger partial charge >= 0.3 is 25.0 Å². The molecule has 0 aliphatic carbocycles. The van der Waals surface area contributed by atoms with Crippen LogP contribution in [0, 0.1) is 6.08 Å². The summed E-state index contributed by atoms with van der Waals surface area (Å²) in [6.07, 6.45) is 8.06. The fraction of sp³-hybridized carbons (Fsp3) is 0.312. The number of ether oxygens (including phenoxy) is 1. The molecule has 0 saturated heterocycles. The fourth-order valence-electron chi connectivity index (χ4n) is 1.73. The van der Waals surface area contributed by atoms with Crippen molar-refractivity contribution >= 4 is 6.09 Å². The van der Waals surface area contributed by atoms with E-state index in [9.17, 15) is 4.79 Å². The molecule has 1 heterocycles. The first kappa shape index (κ1) is 16.6. The molecule has 0 spiro atoms. The zero-order chi connectivity index (χ0) is 13.9. The molecule has 1 unspecified atom stereocenters. The van der Waals surface area contributed by atoms with Crippen LogP contribution in [-0.4, -0.2) is 16.6 Å². The van der Waals surface area contributed by atoms with Gasteiger partial charge in [-0.05, 0) is 20.8 Å². The van der Waals surface area contributed by atoms with Crippen molar-refractivity contribution in [3.8, 4) is 0 Å². The van der Waals surface area contributed by atoms with Crippen LogP contribution in [0.5, 0.6) is 0 Å². The fourth-order valence-corrected chi connectivity index (χ4v) is 1.73. The average molecular weight is 263 g/mol. The summed E-state index contributed by atoms with van der Waals surface area (Å²) in [5.41, 5.74) is 0.661. The maximum atomic E-state index is 11.8. The molecule has 20 heavy (non-hydrogen) atoms. The Balaban J connectivity index is 0.00000200. The molecular formula is C16H18LiNO2. The van der Waals surface area contributed by atoms with Crippen molar-refractivity contribution in [2.45, 2.75) is 32.3 Å². The normalized spacial score (nSPS) is 17.6. The van der Waals surface area contributed by atoms with Gasteiger partial charge in [-0.3, -0.25) is 4.90 Å². The molecule has 100 valence electrons. The van der Waals surface area contributed by atoms with Crippen molar-refractivity contribution in [2.75, 3.05) is 0 Å². The number of hydrogen-bond acceptors (Lipinski definition) is 2. The van der Waals surface area contributed by atoms with Crippen LogP contribution in [0.25, 0.3) is 0 Å². The maximum Gasteiger partial charge on any atom is 1.00 e. The molecule has 0 bridgehead atoms. The molecule has 1 atom stereocenters. The van der Waals surface area contributed by atoms with Gasteiger partial charge in [-0.2, -0.15) is 6.20 Å². The molecule has 0 N–H and O–H groups in total. The Bertz CT molecular complexity index is 489. The summed E-state index contributed by atoms with van der Waals surface area (Å²) in [7, 11) is 0. The molecule has 1 aromatic rings. The Kier molecular flexibility index (Phi) is 5.68. The minimum atomic E-state index is -0.491. The number of carbonyl (C=O) groups is 1. The second-order valence-electron chi connectivity index (χ2n) is 5.41. The van der Waals surface area contributed by atoms with Crippen molar-refractivity contribution in [3.63, 3.8) is 0 Å².